The van der Waals surface area contributed by atoms with E-state index < -0.39 is 0 Å². The third-order valence-electron chi connectivity index (χ3n) is 4.99. The Hall–Kier alpha value is -0.770. The molecule has 1 heterocycles. The van der Waals surface area contributed by atoms with Crippen molar-refractivity contribution in [3.63, 3.8) is 0 Å². The average Bonchev–Trinajstić information content (AvgIpc) is 2.90. The summed E-state index contributed by atoms with van der Waals surface area (Å²) in [7, 11) is 0. The molecule has 2 rings (SSSR count). The maximum atomic E-state index is 6.01. The molecule has 4 nitrogen and oxygen atoms in total. The second kappa shape index (κ2) is 7.87. The van der Waals surface area contributed by atoms with Crippen molar-refractivity contribution in [1.29, 1.82) is 0 Å². The first-order chi connectivity index (χ1) is 9.69. The molecule has 1 saturated carbocycles. The third kappa shape index (κ3) is 4.65. The molecule has 1 aliphatic heterocycles. The van der Waals surface area contributed by atoms with Crippen molar-refractivity contribution in [2.45, 2.75) is 58.4 Å². The van der Waals surface area contributed by atoms with Gasteiger partial charge in [0.05, 0.1) is 0 Å². The van der Waals surface area contributed by atoms with E-state index in [1.807, 2.05) is 0 Å². The number of likely N-dealkylation sites (tertiary alicyclic amines) is 1. The van der Waals surface area contributed by atoms with Crippen LogP contribution in [0.5, 0.6) is 0 Å². The highest BCUT2D eigenvalue weighted by Gasteiger charge is 2.22. The summed E-state index contributed by atoms with van der Waals surface area (Å²) in [5.74, 6) is 2.26. The number of nitrogens with two attached hydrogens (primary N) is 1. The van der Waals surface area contributed by atoms with Crippen LogP contribution in [0.4, 0.5) is 0 Å². The molecule has 0 amide bonds. The van der Waals surface area contributed by atoms with Crippen LogP contribution in [-0.4, -0.2) is 43.1 Å². The SMILES string of the molecule is CCN1CCCC1CNC(N)=NCC1CCCC(C)C1. The minimum Gasteiger partial charge on any atom is -0.370 e. The van der Waals surface area contributed by atoms with Gasteiger partial charge in [-0.1, -0.05) is 26.7 Å². The maximum absolute atomic E-state index is 6.01. The van der Waals surface area contributed by atoms with Gasteiger partial charge < -0.3 is 11.1 Å². The van der Waals surface area contributed by atoms with Crippen molar-refractivity contribution in [3.8, 4) is 0 Å². The molecule has 0 aromatic heterocycles. The van der Waals surface area contributed by atoms with Crippen molar-refractivity contribution in [2.24, 2.45) is 22.6 Å². The molecule has 4 heteroatoms. The molecule has 0 spiro atoms. The number of likely N-dealkylation sites (N-methyl/N-ethyl adjacent to an activating group) is 1. The van der Waals surface area contributed by atoms with Crippen LogP contribution in [0.3, 0.4) is 0 Å². The summed E-state index contributed by atoms with van der Waals surface area (Å²) >= 11 is 0. The zero-order valence-electron chi connectivity index (χ0n) is 13.3. The van der Waals surface area contributed by atoms with Crippen molar-refractivity contribution in [2.75, 3.05) is 26.2 Å². The van der Waals surface area contributed by atoms with Crippen LogP contribution >= 0.6 is 0 Å². The lowest BCUT2D eigenvalue weighted by Gasteiger charge is -2.25. The highest BCUT2D eigenvalue weighted by Crippen LogP contribution is 2.28. The summed E-state index contributed by atoms with van der Waals surface area (Å²) in [6.07, 6.45) is 8.01. The fourth-order valence-corrected chi connectivity index (χ4v) is 3.77. The van der Waals surface area contributed by atoms with Crippen LogP contribution in [0.1, 0.15) is 52.4 Å². The van der Waals surface area contributed by atoms with E-state index in [1.54, 1.807) is 0 Å². The van der Waals surface area contributed by atoms with Gasteiger partial charge in [-0.2, -0.15) is 0 Å². The van der Waals surface area contributed by atoms with Gasteiger partial charge in [-0.3, -0.25) is 9.89 Å². The number of nitrogens with zero attached hydrogens (tertiary/aromatic N) is 2. The zero-order chi connectivity index (χ0) is 14.4. The van der Waals surface area contributed by atoms with E-state index in [4.69, 9.17) is 5.73 Å². The minimum absolute atomic E-state index is 0.642. The maximum Gasteiger partial charge on any atom is 0.188 e. The first-order valence-corrected chi connectivity index (χ1v) is 8.46. The molecule has 2 fully saturated rings. The Kier molecular flexibility index (Phi) is 6.14. The predicted molar refractivity (Wildman–Crippen MR) is 85.9 cm³/mol. The highest BCUT2D eigenvalue weighted by molar-refractivity contribution is 5.77. The van der Waals surface area contributed by atoms with Gasteiger partial charge in [0.2, 0.25) is 0 Å². The van der Waals surface area contributed by atoms with E-state index in [0.29, 0.717) is 12.0 Å². The van der Waals surface area contributed by atoms with Gasteiger partial charge in [0, 0.05) is 19.1 Å². The highest BCUT2D eigenvalue weighted by atomic mass is 15.2. The second-order valence-electron chi connectivity index (χ2n) is 6.67. The van der Waals surface area contributed by atoms with Gasteiger partial charge in [-0.25, -0.2) is 0 Å². The van der Waals surface area contributed by atoms with Crippen LogP contribution in [0, 0.1) is 11.8 Å². The zero-order valence-corrected chi connectivity index (χ0v) is 13.3. The number of hydrogen-bond acceptors (Lipinski definition) is 2. The van der Waals surface area contributed by atoms with E-state index in [0.717, 1.165) is 31.5 Å². The number of aliphatic imine (C=N–C) groups is 1. The Bertz CT molecular complexity index is 316. The van der Waals surface area contributed by atoms with Gasteiger partial charge in [0.25, 0.3) is 0 Å². The largest absolute Gasteiger partial charge is 0.370 e. The molecule has 3 atom stereocenters. The molecule has 0 radical (unpaired) electrons. The standard InChI is InChI=1S/C16H32N4/c1-3-20-9-5-8-15(20)12-19-16(17)18-11-14-7-4-6-13(2)10-14/h13-15H,3-12H2,1-2H3,(H3,17,18,19). The average molecular weight is 280 g/mol. The summed E-state index contributed by atoms with van der Waals surface area (Å²) in [6, 6.07) is 0.642. The molecule has 0 bridgehead atoms. The Morgan fingerprint density at radius 2 is 2.15 bits per heavy atom. The Labute approximate surface area is 124 Å². The number of rotatable bonds is 5. The lowest BCUT2D eigenvalue weighted by atomic mass is 9.82. The molecule has 0 aromatic rings. The normalized spacial score (nSPS) is 32.5. The van der Waals surface area contributed by atoms with Gasteiger partial charge in [-0.05, 0) is 50.6 Å². The minimum atomic E-state index is 0.642. The number of nitrogens with one attached hydrogen (secondary N) is 1. The smallest absolute Gasteiger partial charge is 0.188 e. The number of guanidine groups is 1. The van der Waals surface area contributed by atoms with Crippen LogP contribution in [0.15, 0.2) is 4.99 Å². The summed E-state index contributed by atoms with van der Waals surface area (Å²) < 4.78 is 0. The topological polar surface area (TPSA) is 53.6 Å². The molecule has 2 aliphatic rings. The van der Waals surface area contributed by atoms with E-state index in [-0.39, 0.29) is 0 Å². The fraction of sp³-hybridized carbons (Fsp3) is 0.938. The van der Waals surface area contributed by atoms with E-state index in [9.17, 15) is 0 Å². The van der Waals surface area contributed by atoms with Crippen LogP contribution < -0.4 is 11.1 Å². The molecule has 20 heavy (non-hydrogen) atoms. The van der Waals surface area contributed by atoms with Crippen LogP contribution in [0.2, 0.25) is 0 Å². The monoisotopic (exact) mass is 280 g/mol. The van der Waals surface area contributed by atoms with Gasteiger partial charge in [-0.15, -0.1) is 0 Å². The first-order valence-electron chi connectivity index (χ1n) is 8.46. The van der Waals surface area contributed by atoms with Crippen LogP contribution in [0.25, 0.3) is 0 Å². The van der Waals surface area contributed by atoms with Crippen molar-refractivity contribution < 1.29 is 0 Å². The molecule has 3 N–H and O–H groups in total. The molecule has 1 aliphatic carbocycles. The Morgan fingerprint density at radius 3 is 2.90 bits per heavy atom. The van der Waals surface area contributed by atoms with Crippen molar-refractivity contribution >= 4 is 5.96 Å². The van der Waals surface area contributed by atoms with Crippen molar-refractivity contribution in [3.05, 3.63) is 0 Å². The van der Waals surface area contributed by atoms with E-state index in [2.05, 4.69) is 29.1 Å². The summed E-state index contributed by atoms with van der Waals surface area (Å²) in [5, 5.41) is 3.33. The molecule has 3 unspecified atom stereocenters. The van der Waals surface area contributed by atoms with Gasteiger partial charge >= 0.3 is 0 Å². The van der Waals surface area contributed by atoms with Gasteiger partial charge in [0.15, 0.2) is 5.96 Å². The summed E-state index contributed by atoms with van der Waals surface area (Å²) in [4.78, 5) is 7.09. The lowest BCUT2D eigenvalue weighted by molar-refractivity contribution is 0.267. The second-order valence-corrected chi connectivity index (χ2v) is 6.67. The molecule has 1 saturated heterocycles. The molecule has 116 valence electrons. The predicted octanol–water partition coefficient (Wildman–Crippen LogP) is 2.20. The van der Waals surface area contributed by atoms with E-state index in [1.165, 1.54) is 45.1 Å². The molecular formula is C16H32N4. The third-order valence-corrected chi connectivity index (χ3v) is 4.99. The fourth-order valence-electron chi connectivity index (χ4n) is 3.77. The molecule has 0 aromatic carbocycles. The van der Waals surface area contributed by atoms with E-state index >= 15 is 0 Å². The van der Waals surface area contributed by atoms with Gasteiger partial charge in [0.1, 0.15) is 0 Å². The number of hydrogen-bond donors (Lipinski definition) is 2. The van der Waals surface area contributed by atoms with Crippen molar-refractivity contribution in [1.82, 2.24) is 10.2 Å². The molecular weight excluding hydrogens is 248 g/mol. The first kappa shape index (κ1) is 15.6. The lowest BCUT2D eigenvalue weighted by Crippen LogP contribution is -2.43. The quantitative estimate of drug-likeness (QED) is 0.599. The Balaban J connectivity index is 1.68. The summed E-state index contributed by atoms with van der Waals surface area (Å²) in [5.41, 5.74) is 6.01. The summed E-state index contributed by atoms with van der Waals surface area (Å²) in [6.45, 7) is 8.83. The Morgan fingerprint density at radius 1 is 1.30 bits per heavy atom. The van der Waals surface area contributed by atoms with Crippen LogP contribution in [-0.2, 0) is 0 Å².